The summed E-state index contributed by atoms with van der Waals surface area (Å²) in [5, 5.41) is 0. The molecule has 0 spiro atoms. The Bertz CT molecular complexity index is 881. The van der Waals surface area contributed by atoms with Crippen LogP contribution < -0.4 is 0 Å². The first-order valence-electron chi connectivity index (χ1n) is 8.33. The van der Waals surface area contributed by atoms with Crippen molar-refractivity contribution in [2.45, 2.75) is 24.3 Å². The number of sulfonamides is 1. The van der Waals surface area contributed by atoms with Gasteiger partial charge >= 0.3 is 0 Å². The molecule has 0 amide bonds. The molecule has 0 bridgehead atoms. The fourth-order valence-electron chi connectivity index (χ4n) is 3.26. The maximum Gasteiger partial charge on any atom is 0.246 e. The van der Waals surface area contributed by atoms with Crippen LogP contribution in [0.3, 0.4) is 0 Å². The second-order valence-electron chi connectivity index (χ2n) is 6.73. The normalized spacial score (nSPS) is 18.8. The molecule has 1 fully saturated rings. The summed E-state index contributed by atoms with van der Waals surface area (Å²) in [4.78, 5) is 1.76. The summed E-state index contributed by atoms with van der Waals surface area (Å²) in [5.41, 5.74) is 2.60. The largest absolute Gasteiger partial charge is 0.305 e. The number of hydrogen-bond acceptors (Lipinski definition) is 3. The minimum Gasteiger partial charge on any atom is -0.305 e. The molecule has 2 aromatic carbocycles. The summed E-state index contributed by atoms with van der Waals surface area (Å²) in [6, 6.07) is 12.2. The van der Waals surface area contributed by atoms with Crippen LogP contribution in [0.1, 0.15) is 12.0 Å². The van der Waals surface area contributed by atoms with Gasteiger partial charge in [0, 0.05) is 19.1 Å². The molecule has 3 rings (SSSR count). The third kappa shape index (κ3) is 3.47. The molecule has 1 aliphatic heterocycles. The third-order valence-electron chi connectivity index (χ3n) is 4.86. The summed E-state index contributed by atoms with van der Waals surface area (Å²) in [5.74, 6) is -0.700. The predicted molar refractivity (Wildman–Crippen MR) is 97.4 cm³/mol. The Labute approximate surface area is 148 Å². The quantitative estimate of drug-likeness (QED) is 0.839. The van der Waals surface area contributed by atoms with E-state index < -0.39 is 15.8 Å². The van der Waals surface area contributed by atoms with Crippen LogP contribution in [0.5, 0.6) is 0 Å². The molecule has 0 saturated carbocycles. The summed E-state index contributed by atoms with van der Waals surface area (Å²) < 4.78 is 41.6. The van der Waals surface area contributed by atoms with Crippen molar-refractivity contribution in [2.75, 3.05) is 27.2 Å². The maximum absolute atomic E-state index is 14.7. The number of likely N-dealkylation sites (N-methyl/N-ethyl adjacent to an activating group) is 1. The van der Waals surface area contributed by atoms with Crippen LogP contribution in [0.2, 0.25) is 0 Å². The Hall–Kier alpha value is -1.76. The Kier molecular flexibility index (Phi) is 4.95. The Morgan fingerprint density at radius 1 is 1.16 bits per heavy atom. The maximum atomic E-state index is 14.7. The number of hydrogen-bond donors (Lipinski definition) is 0. The minimum absolute atomic E-state index is 0.170. The molecule has 1 atom stereocenters. The highest BCUT2D eigenvalue weighted by Gasteiger charge is 2.34. The molecule has 1 heterocycles. The van der Waals surface area contributed by atoms with Gasteiger partial charge in [0.25, 0.3) is 0 Å². The molecule has 1 unspecified atom stereocenters. The molecule has 134 valence electrons. The van der Waals surface area contributed by atoms with E-state index in [-0.39, 0.29) is 10.9 Å². The van der Waals surface area contributed by atoms with E-state index >= 15 is 0 Å². The second-order valence-corrected chi connectivity index (χ2v) is 8.64. The highest BCUT2D eigenvalue weighted by Crippen LogP contribution is 2.29. The molecule has 1 saturated heterocycles. The van der Waals surface area contributed by atoms with Crippen molar-refractivity contribution in [2.24, 2.45) is 0 Å². The molecule has 25 heavy (non-hydrogen) atoms. The van der Waals surface area contributed by atoms with Gasteiger partial charge < -0.3 is 4.90 Å². The number of nitrogens with zero attached hydrogens (tertiary/aromatic N) is 2. The lowest BCUT2D eigenvalue weighted by Crippen LogP contribution is -2.34. The van der Waals surface area contributed by atoms with Crippen LogP contribution in [0.25, 0.3) is 11.1 Å². The highest BCUT2D eigenvalue weighted by atomic mass is 32.2. The number of aryl methyl sites for hydroxylation is 1. The lowest BCUT2D eigenvalue weighted by Gasteiger charge is -2.20. The van der Waals surface area contributed by atoms with E-state index in [4.69, 9.17) is 0 Å². The smallest absolute Gasteiger partial charge is 0.246 e. The Morgan fingerprint density at radius 3 is 2.48 bits per heavy atom. The van der Waals surface area contributed by atoms with Crippen molar-refractivity contribution in [3.8, 4) is 11.1 Å². The molecule has 2 aromatic rings. The fourth-order valence-corrected chi connectivity index (χ4v) is 4.80. The van der Waals surface area contributed by atoms with Crippen molar-refractivity contribution in [3.63, 3.8) is 0 Å². The van der Waals surface area contributed by atoms with Gasteiger partial charge in [-0.15, -0.1) is 0 Å². The van der Waals surface area contributed by atoms with E-state index in [2.05, 4.69) is 0 Å². The average Bonchev–Trinajstić information content (AvgIpc) is 3.06. The first-order chi connectivity index (χ1) is 11.8. The van der Waals surface area contributed by atoms with E-state index in [9.17, 15) is 12.8 Å². The van der Waals surface area contributed by atoms with Crippen LogP contribution in [-0.4, -0.2) is 50.8 Å². The zero-order valence-corrected chi connectivity index (χ0v) is 15.6. The van der Waals surface area contributed by atoms with Crippen molar-refractivity contribution >= 4 is 10.0 Å². The third-order valence-corrected chi connectivity index (χ3v) is 6.76. The van der Waals surface area contributed by atoms with E-state index in [1.54, 1.807) is 6.07 Å². The summed E-state index contributed by atoms with van der Waals surface area (Å²) in [7, 11) is 0.0446. The number of benzene rings is 2. The van der Waals surface area contributed by atoms with Crippen LogP contribution in [0, 0.1) is 12.7 Å². The Morgan fingerprint density at radius 2 is 1.88 bits per heavy atom. The number of rotatable bonds is 4. The van der Waals surface area contributed by atoms with Gasteiger partial charge in [0.1, 0.15) is 10.7 Å². The van der Waals surface area contributed by atoms with Gasteiger partial charge in [-0.2, -0.15) is 4.31 Å². The van der Waals surface area contributed by atoms with E-state index in [0.717, 1.165) is 17.5 Å². The standard InChI is InChI=1S/C19H23FN2O2S/c1-14-6-4-5-7-17(14)15-8-9-19(18(20)12-15)25(23,24)22-11-10-16(13-22)21(2)3/h4-9,12,16H,10-11,13H2,1-3H3. The Balaban J connectivity index is 1.92. The van der Waals surface area contributed by atoms with Crippen molar-refractivity contribution in [1.29, 1.82) is 0 Å². The molecular weight excluding hydrogens is 339 g/mol. The highest BCUT2D eigenvalue weighted by molar-refractivity contribution is 7.89. The first-order valence-corrected chi connectivity index (χ1v) is 9.77. The molecule has 4 nitrogen and oxygen atoms in total. The molecule has 0 N–H and O–H groups in total. The van der Waals surface area contributed by atoms with Gasteiger partial charge in [-0.1, -0.05) is 30.3 Å². The van der Waals surface area contributed by atoms with E-state index in [1.807, 2.05) is 50.2 Å². The van der Waals surface area contributed by atoms with Crippen LogP contribution in [0.4, 0.5) is 4.39 Å². The molecule has 6 heteroatoms. The number of halogens is 1. The molecular formula is C19H23FN2O2S. The van der Waals surface area contributed by atoms with Crippen molar-refractivity contribution < 1.29 is 12.8 Å². The zero-order chi connectivity index (χ0) is 18.2. The van der Waals surface area contributed by atoms with Gasteiger partial charge in [0.2, 0.25) is 10.0 Å². The van der Waals surface area contributed by atoms with Gasteiger partial charge in [-0.05, 0) is 56.3 Å². The van der Waals surface area contributed by atoms with Gasteiger partial charge in [0.05, 0.1) is 0 Å². The van der Waals surface area contributed by atoms with Crippen LogP contribution in [0.15, 0.2) is 47.4 Å². The lowest BCUT2D eigenvalue weighted by atomic mass is 10.0. The van der Waals surface area contributed by atoms with Crippen LogP contribution >= 0.6 is 0 Å². The molecule has 1 aliphatic rings. The van der Waals surface area contributed by atoms with E-state index in [0.29, 0.717) is 18.7 Å². The second kappa shape index (κ2) is 6.86. The fraction of sp³-hybridized carbons (Fsp3) is 0.368. The van der Waals surface area contributed by atoms with Gasteiger partial charge in [-0.3, -0.25) is 0 Å². The van der Waals surface area contributed by atoms with Crippen molar-refractivity contribution in [3.05, 3.63) is 53.8 Å². The first kappa shape index (κ1) is 18.0. The van der Waals surface area contributed by atoms with Gasteiger partial charge in [-0.25, -0.2) is 12.8 Å². The predicted octanol–water partition coefficient (Wildman–Crippen LogP) is 3.13. The summed E-state index contributed by atoms with van der Waals surface area (Å²) >= 11 is 0. The molecule has 0 aromatic heterocycles. The zero-order valence-electron chi connectivity index (χ0n) is 14.7. The monoisotopic (exact) mass is 362 g/mol. The SMILES string of the molecule is Cc1ccccc1-c1ccc(S(=O)(=O)N2CCC(N(C)C)C2)c(F)c1. The van der Waals surface area contributed by atoms with Crippen molar-refractivity contribution in [1.82, 2.24) is 9.21 Å². The molecule has 0 radical (unpaired) electrons. The van der Waals surface area contributed by atoms with Crippen LogP contribution in [-0.2, 0) is 10.0 Å². The summed E-state index contributed by atoms with van der Waals surface area (Å²) in [6.45, 7) is 2.77. The minimum atomic E-state index is -3.81. The lowest BCUT2D eigenvalue weighted by molar-refractivity contribution is 0.302. The van der Waals surface area contributed by atoms with Gasteiger partial charge in [0.15, 0.2) is 0 Å². The molecule has 0 aliphatic carbocycles. The summed E-state index contributed by atoms with van der Waals surface area (Å²) in [6.07, 6.45) is 0.759. The topological polar surface area (TPSA) is 40.6 Å². The van der Waals surface area contributed by atoms with E-state index in [1.165, 1.54) is 16.4 Å². The average molecular weight is 362 g/mol.